The molecule has 9 heteroatoms. The molecule has 180 valence electrons. The van der Waals surface area contributed by atoms with E-state index >= 15 is 0 Å². The molecule has 0 aromatic heterocycles. The molecule has 4 rings (SSSR count). The van der Waals surface area contributed by atoms with E-state index < -0.39 is 0 Å². The van der Waals surface area contributed by atoms with Crippen LogP contribution < -0.4 is 20.9 Å². The number of hydrogen-bond acceptors (Lipinski definition) is 5. The molecule has 3 N–H and O–H groups in total. The van der Waals surface area contributed by atoms with E-state index in [1.165, 1.54) is 5.69 Å². The number of urea groups is 1. The molecule has 0 aliphatic carbocycles. The zero-order valence-electron chi connectivity index (χ0n) is 19.6. The Morgan fingerprint density at radius 2 is 1.85 bits per heavy atom. The molecule has 3 fully saturated rings. The lowest BCUT2D eigenvalue weighted by atomic mass is 10.0. The van der Waals surface area contributed by atoms with E-state index in [1.807, 2.05) is 36.9 Å². The monoisotopic (exact) mass is 456 g/mol. The van der Waals surface area contributed by atoms with Crippen molar-refractivity contribution in [1.82, 2.24) is 25.8 Å². The number of benzene rings is 1. The van der Waals surface area contributed by atoms with E-state index in [2.05, 4.69) is 37.9 Å². The Kier molecular flexibility index (Phi) is 7.37. The molecular weight excluding hydrogens is 420 g/mol. The van der Waals surface area contributed by atoms with Gasteiger partial charge in [-0.15, -0.1) is 0 Å². The average Bonchev–Trinajstić information content (AvgIpc) is 3.23. The summed E-state index contributed by atoms with van der Waals surface area (Å²) >= 11 is 0. The molecule has 3 atom stereocenters. The summed E-state index contributed by atoms with van der Waals surface area (Å²) in [5, 5.41) is 8.83. The van der Waals surface area contributed by atoms with Crippen LogP contribution in [0.3, 0.4) is 0 Å². The van der Waals surface area contributed by atoms with Crippen LogP contribution in [-0.4, -0.2) is 91.1 Å². The van der Waals surface area contributed by atoms with Crippen molar-refractivity contribution in [2.75, 3.05) is 44.2 Å². The molecule has 1 aromatic carbocycles. The van der Waals surface area contributed by atoms with Crippen LogP contribution in [0.1, 0.15) is 33.1 Å². The number of amides is 4. The Labute approximate surface area is 195 Å². The third-order valence-corrected chi connectivity index (χ3v) is 6.82. The minimum Gasteiger partial charge on any atom is -0.368 e. The van der Waals surface area contributed by atoms with Gasteiger partial charge in [-0.25, -0.2) is 4.79 Å². The van der Waals surface area contributed by atoms with E-state index in [0.29, 0.717) is 32.4 Å². The minimum absolute atomic E-state index is 0.0168. The van der Waals surface area contributed by atoms with Crippen molar-refractivity contribution in [2.45, 2.75) is 57.3 Å². The summed E-state index contributed by atoms with van der Waals surface area (Å²) in [4.78, 5) is 43.8. The fourth-order valence-electron chi connectivity index (χ4n) is 5.14. The molecule has 33 heavy (non-hydrogen) atoms. The third-order valence-electron chi connectivity index (χ3n) is 6.82. The van der Waals surface area contributed by atoms with Gasteiger partial charge < -0.3 is 25.8 Å². The van der Waals surface area contributed by atoms with Gasteiger partial charge in [-0.3, -0.25) is 14.5 Å². The molecule has 3 aliphatic rings. The van der Waals surface area contributed by atoms with Gasteiger partial charge in [-0.2, -0.15) is 0 Å². The minimum atomic E-state index is -0.238. The molecule has 3 heterocycles. The van der Waals surface area contributed by atoms with Crippen LogP contribution in [0.4, 0.5) is 10.5 Å². The van der Waals surface area contributed by atoms with Gasteiger partial charge in [0.2, 0.25) is 11.8 Å². The topological polar surface area (TPSA) is 97.0 Å². The Bertz CT molecular complexity index is 840. The van der Waals surface area contributed by atoms with Gasteiger partial charge >= 0.3 is 6.03 Å². The molecule has 1 aromatic rings. The number of fused-ring (bicyclic) bond motifs is 1. The molecule has 0 unspecified atom stereocenters. The maximum atomic E-state index is 12.9. The molecule has 9 nitrogen and oxygen atoms in total. The third kappa shape index (κ3) is 5.76. The SMILES string of the molecule is CC(C)NC(=O)N[C@H]1C[C@H]2C(=O)NC[C@@H](CCC(=O)N3CCN(c4ccccc4)CC3)N2C1. The van der Waals surface area contributed by atoms with Gasteiger partial charge in [-0.1, -0.05) is 18.2 Å². The second kappa shape index (κ2) is 10.4. The normalized spacial score (nSPS) is 25.5. The molecular formula is C24H36N6O3. The highest BCUT2D eigenvalue weighted by Gasteiger charge is 2.43. The van der Waals surface area contributed by atoms with Crippen LogP contribution in [0.15, 0.2) is 30.3 Å². The first-order chi connectivity index (χ1) is 15.9. The van der Waals surface area contributed by atoms with Crippen LogP contribution in [0.5, 0.6) is 0 Å². The van der Waals surface area contributed by atoms with Gasteiger partial charge in [0.15, 0.2) is 0 Å². The number of rotatable bonds is 6. The van der Waals surface area contributed by atoms with Gasteiger partial charge in [0, 0.05) is 69.5 Å². The van der Waals surface area contributed by atoms with Crippen molar-refractivity contribution in [2.24, 2.45) is 0 Å². The Morgan fingerprint density at radius 1 is 1.12 bits per heavy atom. The number of piperazine rings is 2. The van der Waals surface area contributed by atoms with Crippen molar-refractivity contribution >= 4 is 23.5 Å². The quantitative estimate of drug-likeness (QED) is 0.588. The molecule has 4 amide bonds. The first-order valence-corrected chi connectivity index (χ1v) is 12.1. The van der Waals surface area contributed by atoms with Crippen LogP contribution in [0.25, 0.3) is 0 Å². The Balaban J connectivity index is 1.25. The number of nitrogens with zero attached hydrogens (tertiary/aromatic N) is 3. The predicted molar refractivity (Wildman–Crippen MR) is 127 cm³/mol. The number of anilines is 1. The number of para-hydroxylation sites is 1. The van der Waals surface area contributed by atoms with Crippen molar-refractivity contribution in [1.29, 1.82) is 0 Å². The van der Waals surface area contributed by atoms with Crippen molar-refractivity contribution < 1.29 is 14.4 Å². The lowest BCUT2D eigenvalue weighted by molar-refractivity contribution is -0.132. The lowest BCUT2D eigenvalue weighted by Gasteiger charge is -2.38. The molecule has 0 saturated carbocycles. The standard InChI is InChI=1S/C24H36N6O3/c1-17(2)26-24(33)27-18-14-21-23(32)25-15-20(30(21)16-18)8-9-22(31)29-12-10-28(11-13-29)19-6-4-3-5-7-19/h3-7,17-18,20-21H,8-16H2,1-2H3,(H,25,32)(H2,26,27,33)/t18-,20+,21-/m0/s1. The first-order valence-electron chi connectivity index (χ1n) is 12.1. The van der Waals surface area contributed by atoms with Crippen molar-refractivity contribution in [3.8, 4) is 0 Å². The number of hydrogen-bond donors (Lipinski definition) is 3. The van der Waals surface area contributed by atoms with E-state index in [9.17, 15) is 14.4 Å². The summed E-state index contributed by atoms with van der Waals surface area (Å²) in [7, 11) is 0. The predicted octanol–water partition coefficient (Wildman–Crippen LogP) is 0.764. The second-order valence-corrected chi connectivity index (χ2v) is 9.56. The fourth-order valence-corrected chi connectivity index (χ4v) is 5.14. The number of nitrogens with one attached hydrogen (secondary N) is 3. The highest BCUT2D eigenvalue weighted by Crippen LogP contribution is 2.26. The average molecular weight is 457 g/mol. The zero-order valence-corrected chi connectivity index (χ0v) is 19.6. The summed E-state index contributed by atoms with van der Waals surface area (Å²) in [6, 6.07) is 9.98. The van der Waals surface area contributed by atoms with Gasteiger partial charge in [-0.05, 0) is 38.8 Å². The van der Waals surface area contributed by atoms with Crippen LogP contribution in [0.2, 0.25) is 0 Å². The van der Waals surface area contributed by atoms with E-state index in [-0.39, 0.29) is 42.0 Å². The van der Waals surface area contributed by atoms with Crippen LogP contribution >= 0.6 is 0 Å². The largest absolute Gasteiger partial charge is 0.368 e. The summed E-state index contributed by atoms with van der Waals surface area (Å²) < 4.78 is 0. The van der Waals surface area contributed by atoms with Crippen LogP contribution in [-0.2, 0) is 9.59 Å². The maximum absolute atomic E-state index is 12.9. The first kappa shape index (κ1) is 23.4. The molecule has 0 spiro atoms. The number of carbonyl (C=O) groups excluding carboxylic acids is 3. The number of carbonyl (C=O) groups is 3. The smallest absolute Gasteiger partial charge is 0.315 e. The van der Waals surface area contributed by atoms with E-state index in [4.69, 9.17) is 0 Å². The van der Waals surface area contributed by atoms with E-state index in [0.717, 1.165) is 26.2 Å². The fraction of sp³-hybridized carbons (Fsp3) is 0.625. The summed E-state index contributed by atoms with van der Waals surface area (Å²) in [5.74, 6) is 0.199. The zero-order chi connectivity index (χ0) is 23.4. The van der Waals surface area contributed by atoms with Gasteiger partial charge in [0.1, 0.15) is 0 Å². The molecule has 3 saturated heterocycles. The summed E-state index contributed by atoms with van der Waals surface area (Å²) in [6.07, 6.45) is 1.78. The Hall–Kier alpha value is -2.81. The van der Waals surface area contributed by atoms with Gasteiger partial charge in [0.05, 0.1) is 6.04 Å². The summed E-state index contributed by atoms with van der Waals surface area (Å²) in [5.41, 5.74) is 1.20. The van der Waals surface area contributed by atoms with Crippen molar-refractivity contribution in [3.05, 3.63) is 30.3 Å². The maximum Gasteiger partial charge on any atom is 0.315 e. The highest BCUT2D eigenvalue weighted by molar-refractivity contribution is 5.83. The molecule has 3 aliphatic heterocycles. The Morgan fingerprint density at radius 3 is 2.55 bits per heavy atom. The highest BCUT2D eigenvalue weighted by atomic mass is 16.2. The summed E-state index contributed by atoms with van der Waals surface area (Å²) in [6.45, 7) is 8.17. The van der Waals surface area contributed by atoms with E-state index in [1.54, 1.807) is 0 Å². The second-order valence-electron chi connectivity index (χ2n) is 9.56. The van der Waals surface area contributed by atoms with Crippen LogP contribution in [0, 0.1) is 0 Å². The molecule has 0 bridgehead atoms. The molecule has 0 radical (unpaired) electrons. The van der Waals surface area contributed by atoms with Gasteiger partial charge in [0.25, 0.3) is 0 Å². The van der Waals surface area contributed by atoms with Crippen molar-refractivity contribution in [3.63, 3.8) is 0 Å². The lowest BCUT2D eigenvalue weighted by Crippen LogP contribution is -2.58.